The highest BCUT2D eigenvalue weighted by molar-refractivity contribution is 5.91. The minimum Gasteiger partial charge on any atom is -0.340 e. The molecule has 0 radical (unpaired) electrons. The maximum Gasteiger partial charge on any atom is 0.315 e. The average Bonchev–Trinajstić information content (AvgIpc) is 4.09. The number of rotatable bonds is 11. The lowest BCUT2D eigenvalue weighted by molar-refractivity contribution is -0.135. The van der Waals surface area contributed by atoms with Gasteiger partial charge in [0.15, 0.2) is 0 Å². The van der Waals surface area contributed by atoms with Gasteiger partial charge in [0, 0.05) is 25.2 Å². The summed E-state index contributed by atoms with van der Waals surface area (Å²) in [6, 6.07) is 28.7. The van der Waals surface area contributed by atoms with Crippen LogP contribution in [0.15, 0.2) is 103 Å². The van der Waals surface area contributed by atoms with Gasteiger partial charge in [0.05, 0.1) is 41.9 Å². The summed E-state index contributed by atoms with van der Waals surface area (Å²) < 4.78 is 0. The Labute approximate surface area is 338 Å². The number of carbonyl (C=O) groups excluding carboxylic acids is 3. The second kappa shape index (κ2) is 16.7. The summed E-state index contributed by atoms with van der Waals surface area (Å²) >= 11 is 0. The first-order valence-electron chi connectivity index (χ1n) is 20.4. The van der Waals surface area contributed by atoms with Crippen molar-refractivity contribution in [3.8, 4) is 33.6 Å². The summed E-state index contributed by atoms with van der Waals surface area (Å²) in [7, 11) is 0. The lowest BCUT2D eigenvalue weighted by Gasteiger charge is -2.28. The monoisotopic (exact) mass is 777 g/mol. The molecule has 12 heteroatoms. The van der Waals surface area contributed by atoms with Gasteiger partial charge in [0.1, 0.15) is 17.7 Å². The van der Waals surface area contributed by atoms with Crippen LogP contribution >= 0.6 is 0 Å². The molecular formula is C46H51N9O3. The maximum absolute atomic E-state index is 14.0. The van der Waals surface area contributed by atoms with Crippen LogP contribution in [0.4, 0.5) is 4.79 Å². The van der Waals surface area contributed by atoms with Gasteiger partial charge in [0.25, 0.3) is 0 Å². The molecule has 2 aromatic heterocycles. The van der Waals surface area contributed by atoms with Gasteiger partial charge in [-0.25, -0.2) is 14.8 Å². The van der Waals surface area contributed by atoms with Crippen molar-refractivity contribution in [3.05, 3.63) is 121 Å². The topological polar surface area (TPSA) is 165 Å². The van der Waals surface area contributed by atoms with E-state index in [1.807, 2.05) is 73.3 Å². The zero-order valence-corrected chi connectivity index (χ0v) is 33.2. The third-order valence-corrected chi connectivity index (χ3v) is 11.6. The van der Waals surface area contributed by atoms with Crippen molar-refractivity contribution in [1.29, 1.82) is 0 Å². The van der Waals surface area contributed by atoms with E-state index in [0.29, 0.717) is 19.6 Å². The summed E-state index contributed by atoms with van der Waals surface area (Å²) in [6.07, 6.45) is 7.11. The van der Waals surface area contributed by atoms with Crippen LogP contribution in [0, 0.1) is 5.92 Å². The number of urea groups is 1. The van der Waals surface area contributed by atoms with Gasteiger partial charge in [0.2, 0.25) is 11.8 Å². The Bertz CT molecular complexity index is 2400. The molecular weight excluding hydrogens is 727 g/mol. The standard InChI is InChI=1S/C46H51N9O3/c1-4-48-46(58)53-41(31-10-6-5-7-11-31)45(57)55-23-9-13-39(55)43-49-26-36(51-43)30-16-14-29(15-17-30)32-18-19-34-25-35(21-20-33(34)24-32)37-27-50-42(52-37)38-12-8-22-54(38)44(56)40(47)28(2)3/h5-7,10-11,14-21,24-28,38-41H,4,8-9,12-13,22-23,47H2,1-3H3,(H,49,51)(H,50,52)(H2,48,53,58)/t38-,39-,40-,41+/m0/s1. The van der Waals surface area contributed by atoms with Crippen molar-refractivity contribution in [2.75, 3.05) is 19.6 Å². The summed E-state index contributed by atoms with van der Waals surface area (Å²) in [6.45, 7) is 7.55. The lowest BCUT2D eigenvalue weighted by Crippen LogP contribution is -2.46. The molecule has 2 aliphatic rings. The molecule has 4 aromatic carbocycles. The van der Waals surface area contributed by atoms with Gasteiger partial charge in [-0.15, -0.1) is 0 Å². The number of nitrogens with one attached hydrogen (secondary N) is 4. The van der Waals surface area contributed by atoms with E-state index in [1.54, 1.807) is 0 Å². The Morgan fingerprint density at radius 3 is 1.86 bits per heavy atom. The van der Waals surface area contributed by atoms with E-state index in [-0.39, 0.29) is 35.8 Å². The molecule has 8 rings (SSSR count). The molecule has 0 unspecified atom stereocenters. The third kappa shape index (κ3) is 7.84. The molecule has 2 fully saturated rings. The summed E-state index contributed by atoms with van der Waals surface area (Å²) in [5.74, 6) is 1.45. The minimum absolute atomic E-state index is 0.00871. The number of likely N-dealkylation sites (tertiary alicyclic amines) is 2. The van der Waals surface area contributed by atoms with Gasteiger partial charge >= 0.3 is 6.03 Å². The molecule has 6 aromatic rings. The van der Waals surface area contributed by atoms with Gasteiger partial charge in [-0.1, -0.05) is 92.7 Å². The first kappa shape index (κ1) is 38.6. The average molecular weight is 778 g/mol. The van der Waals surface area contributed by atoms with E-state index in [2.05, 4.69) is 81.3 Å². The largest absolute Gasteiger partial charge is 0.340 e. The van der Waals surface area contributed by atoms with Crippen LogP contribution in [-0.2, 0) is 9.59 Å². The van der Waals surface area contributed by atoms with E-state index < -0.39 is 12.1 Å². The number of nitrogens with two attached hydrogens (primary N) is 1. The first-order valence-corrected chi connectivity index (χ1v) is 20.4. The number of carbonyl (C=O) groups is 3. The number of hydrogen-bond donors (Lipinski definition) is 5. The summed E-state index contributed by atoms with van der Waals surface area (Å²) in [5, 5.41) is 7.88. The van der Waals surface area contributed by atoms with Gasteiger partial charge in [-0.3, -0.25) is 9.59 Å². The van der Waals surface area contributed by atoms with E-state index in [1.165, 1.54) is 0 Å². The van der Waals surface area contributed by atoms with Gasteiger partial charge < -0.3 is 36.1 Å². The maximum atomic E-state index is 14.0. The molecule has 298 valence electrons. The van der Waals surface area contributed by atoms with Crippen LogP contribution in [0.25, 0.3) is 44.4 Å². The van der Waals surface area contributed by atoms with Crippen molar-refractivity contribution in [1.82, 2.24) is 40.4 Å². The number of nitrogens with zero attached hydrogens (tertiary/aromatic N) is 4. The van der Waals surface area contributed by atoms with Crippen molar-refractivity contribution in [3.63, 3.8) is 0 Å². The third-order valence-electron chi connectivity index (χ3n) is 11.6. The normalized spacial score (nSPS) is 17.8. The molecule has 4 amide bonds. The van der Waals surface area contributed by atoms with Crippen LogP contribution in [-0.4, -0.2) is 73.3 Å². The van der Waals surface area contributed by atoms with Crippen molar-refractivity contribution >= 4 is 28.6 Å². The van der Waals surface area contributed by atoms with E-state index in [4.69, 9.17) is 15.7 Å². The number of aromatic nitrogens is 4. The Hall–Kier alpha value is -6.27. The number of fused-ring (bicyclic) bond motifs is 1. The molecule has 4 atom stereocenters. The zero-order valence-electron chi connectivity index (χ0n) is 33.2. The van der Waals surface area contributed by atoms with Crippen LogP contribution in [0.2, 0.25) is 0 Å². The Morgan fingerprint density at radius 1 is 0.724 bits per heavy atom. The highest BCUT2D eigenvalue weighted by atomic mass is 16.2. The smallest absolute Gasteiger partial charge is 0.315 e. The van der Waals surface area contributed by atoms with Gasteiger partial charge in [-0.2, -0.15) is 0 Å². The van der Waals surface area contributed by atoms with Crippen LogP contribution in [0.5, 0.6) is 0 Å². The van der Waals surface area contributed by atoms with Crippen molar-refractivity contribution < 1.29 is 14.4 Å². The number of amides is 4. The minimum atomic E-state index is -0.806. The molecule has 4 heterocycles. The lowest BCUT2D eigenvalue weighted by atomic mass is 9.98. The predicted octanol–water partition coefficient (Wildman–Crippen LogP) is 7.66. The SMILES string of the molecule is CCNC(=O)N[C@@H](C(=O)N1CCC[C@H]1c1ncc(-c2ccc(-c3ccc4cc(-c5cnc([C@@H]6CCCN6C(=O)[C@@H](N)C(C)C)[nH]5)ccc4c3)cc2)[nH]1)c1ccccc1. The van der Waals surface area contributed by atoms with Crippen molar-refractivity contribution in [2.45, 2.75) is 70.6 Å². The zero-order chi connectivity index (χ0) is 40.3. The van der Waals surface area contributed by atoms with E-state index in [9.17, 15) is 14.4 Å². The van der Waals surface area contributed by atoms with Gasteiger partial charge in [-0.05, 0) is 83.7 Å². The highest BCUT2D eigenvalue weighted by Crippen LogP contribution is 2.36. The quantitative estimate of drug-likeness (QED) is 0.0907. The Morgan fingerprint density at radius 2 is 1.26 bits per heavy atom. The van der Waals surface area contributed by atoms with Crippen LogP contribution < -0.4 is 16.4 Å². The van der Waals surface area contributed by atoms with Crippen molar-refractivity contribution in [2.24, 2.45) is 11.7 Å². The number of hydrogen-bond acceptors (Lipinski definition) is 6. The molecule has 0 saturated carbocycles. The fourth-order valence-electron chi connectivity index (χ4n) is 8.29. The molecule has 0 aliphatic carbocycles. The first-order chi connectivity index (χ1) is 28.2. The molecule has 2 saturated heterocycles. The molecule has 2 aliphatic heterocycles. The summed E-state index contributed by atoms with van der Waals surface area (Å²) in [4.78, 5) is 59.8. The fourth-order valence-corrected chi connectivity index (χ4v) is 8.29. The van der Waals surface area contributed by atoms with Crippen LogP contribution in [0.1, 0.15) is 81.8 Å². The molecule has 6 N–H and O–H groups in total. The second-order valence-corrected chi connectivity index (χ2v) is 15.7. The number of imidazole rings is 2. The highest BCUT2D eigenvalue weighted by Gasteiger charge is 2.37. The Kier molecular flexibility index (Phi) is 11.1. The molecule has 58 heavy (non-hydrogen) atoms. The second-order valence-electron chi connectivity index (χ2n) is 15.7. The van der Waals surface area contributed by atoms with E-state index in [0.717, 1.165) is 87.3 Å². The number of H-pyrrole nitrogens is 2. The number of aromatic amines is 2. The van der Waals surface area contributed by atoms with Crippen LogP contribution in [0.3, 0.4) is 0 Å². The molecule has 0 spiro atoms. The predicted molar refractivity (Wildman–Crippen MR) is 226 cm³/mol. The fraction of sp³-hybridized carbons (Fsp3) is 0.326. The molecule has 12 nitrogen and oxygen atoms in total. The summed E-state index contributed by atoms with van der Waals surface area (Å²) in [5.41, 5.74) is 13.0. The number of benzene rings is 4. The molecule has 0 bridgehead atoms. The Balaban J connectivity index is 0.949. The van der Waals surface area contributed by atoms with E-state index >= 15 is 0 Å².